The number of benzene rings is 1. The van der Waals surface area contributed by atoms with Crippen LogP contribution in [0.25, 0.3) is 0 Å². The maximum absolute atomic E-state index is 13.0. The van der Waals surface area contributed by atoms with Gasteiger partial charge in [-0.05, 0) is 43.9 Å². The minimum Gasteiger partial charge on any atom is -0.330 e. The van der Waals surface area contributed by atoms with E-state index in [9.17, 15) is 28.0 Å². The number of amides is 2. The van der Waals surface area contributed by atoms with Crippen molar-refractivity contribution < 1.29 is 22.8 Å². The minimum absolute atomic E-state index is 0.0780. The van der Waals surface area contributed by atoms with Gasteiger partial charge in [0.1, 0.15) is 6.04 Å². The molecule has 3 aliphatic heterocycles. The van der Waals surface area contributed by atoms with Gasteiger partial charge in [0.05, 0.1) is 29.8 Å². The number of hydrogen-bond acceptors (Lipinski definition) is 5. The van der Waals surface area contributed by atoms with Crippen LogP contribution in [0.4, 0.5) is 13.2 Å². The van der Waals surface area contributed by atoms with Gasteiger partial charge >= 0.3 is 6.18 Å². The van der Waals surface area contributed by atoms with Gasteiger partial charge in [-0.1, -0.05) is 12.1 Å². The fourth-order valence-corrected chi connectivity index (χ4v) is 5.22. The quantitative estimate of drug-likeness (QED) is 0.741. The summed E-state index contributed by atoms with van der Waals surface area (Å²) in [5.74, 6) is -0.358. The lowest BCUT2D eigenvalue weighted by Gasteiger charge is -2.38. The zero-order valence-electron chi connectivity index (χ0n) is 17.8. The second-order valence-corrected chi connectivity index (χ2v) is 8.83. The van der Waals surface area contributed by atoms with Crippen LogP contribution >= 0.6 is 0 Å². The van der Waals surface area contributed by atoms with Crippen molar-refractivity contribution in [3.63, 3.8) is 0 Å². The highest BCUT2D eigenvalue weighted by atomic mass is 19.4. The minimum atomic E-state index is -4.40. The average Bonchev–Trinajstić information content (AvgIpc) is 3.46. The third-order valence-corrected chi connectivity index (χ3v) is 6.89. The fourth-order valence-electron chi connectivity index (χ4n) is 5.22. The molecule has 0 aromatic heterocycles. The monoisotopic (exact) mass is 449 g/mol. The van der Waals surface area contributed by atoms with Crippen molar-refractivity contribution in [2.45, 2.75) is 62.6 Å². The van der Waals surface area contributed by atoms with E-state index in [2.05, 4.69) is 6.07 Å². The fraction of sp³-hybridized carbons (Fsp3) is 0.591. The molecular weight excluding hydrogens is 423 g/mol. The van der Waals surface area contributed by atoms with E-state index in [1.54, 1.807) is 4.90 Å². The van der Waals surface area contributed by atoms with Crippen LogP contribution in [0, 0.1) is 11.3 Å². The van der Waals surface area contributed by atoms with Crippen molar-refractivity contribution in [3.8, 4) is 6.07 Å². The molecule has 1 aromatic rings. The summed E-state index contributed by atoms with van der Waals surface area (Å²) in [4.78, 5) is 30.9. The van der Waals surface area contributed by atoms with Gasteiger partial charge in [-0.2, -0.15) is 18.4 Å². The number of hydrogen-bond donors (Lipinski definition) is 1. The van der Waals surface area contributed by atoms with Crippen LogP contribution in [-0.4, -0.2) is 70.3 Å². The molecule has 2 amide bonds. The van der Waals surface area contributed by atoms with Crippen LogP contribution in [0.2, 0.25) is 0 Å². The molecule has 7 nitrogen and oxygen atoms in total. The number of piperazine rings is 1. The predicted octanol–water partition coefficient (Wildman–Crippen LogP) is 1.89. The van der Waals surface area contributed by atoms with Crippen molar-refractivity contribution in [3.05, 3.63) is 35.4 Å². The van der Waals surface area contributed by atoms with Gasteiger partial charge in [-0.15, -0.1) is 0 Å². The molecule has 3 aliphatic rings. The third-order valence-electron chi connectivity index (χ3n) is 6.89. The number of fused-ring (bicyclic) bond motifs is 2. The second kappa shape index (κ2) is 8.37. The van der Waals surface area contributed by atoms with Crippen molar-refractivity contribution in [2.75, 3.05) is 19.6 Å². The standard InChI is InChI=1S/C22H26F3N5O2/c1-13(14-4-6-15(7-5-14)22(23,24)25)30-17-9-19(21(30)32)28(11-17)12-18(27)20(31)29-8-2-3-16(29)10-26/h4-7,13,16-19H,2-3,8-9,11-12,27H2,1H3/t13-,16+,17?,18+,19-/m1/s1. The highest BCUT2D eigenvalue weighted by molar-refractivity contribution is 5.87. The predicted molar refractivity (Wildman–Crippen MR) is 109 cm³/mol. The van der Waals surface area contributed by atoms with E-state index < -0.39 is 23.8 Å². The number of nitrogens with zero attached hydrogens (tertiary/aromatic N) is 4. The van der Waals surface area contributed by atoms with Crippen molar-refractivity contribution in [1.82, 2.24) is 14.7 Å². The Bertz CT molecular complexity index is 929. The Labute approximate surface area is 184 Å². The molecule has 1 unspecified atom stereocenters. The lowest BCUT2D eigenvalue weighted by atomic mass is 10.0. The summed E-state index contributed by atoms with van der Waals surface area (Å²) in [6.07, 6.45) is -2.36. The smallest absolute Gasteiger partial charge is 0.330 e. The molecule has 0 aliphatic carbocycles. The SMILES string of the molecule is C[C@H](c1ccc(C(F)(F)F)cc1)N1C(=O)[C@H]2CC1CN2C[C@H](N)C(=O)N1CCC[C@H]1C#N. The molecule has 0 spiro atoms. The number of rotatable bonds is 5. The molecule has 1 aromatic carbocycles. The van der Waals surface area contributed by atoms with E-state index in [1.807, 2.05) is 11.8 Å². The lowest BCUT2D eigenvalue weighted by molar-refractivity contribution is -0.141. The van der Waals surface area contributed by atoms with Crippen molar-refractivity contribution in [2.24, 2.45) is 5.73 Å². The molecule has 3 saturated heterocycles. The van der Waals surface area contributed by atoms with E-state index in [1.165, 1.54) is 17.0 Å². The average molecular weight is 449 g/mol. The van der Waals surface area contributed by atoms with Crippen LogP contribution in [-0.2, 0) is 15.8 Å². The number of carbonyl (C=O) groups is 2. The number of carbonyl (C=O) groups excluding carboxylic acids is 2. The molecule has 3 heterocycles. The summed E-state index contributed by atoms with van der Waals surface area (Å²) in [7, 11) is 0. The highest BCUT2D eigenvalue weighted by Crippen LogP contribution is 2.38. The first kappa shape index (κ1) is 22.6. The number of nitrogens with two attached hydrogens (primary N) is 1. The van der Waals surface area contributed by atoms with Crippen LogP contribution in [0.15, 0.2) is 24.3 Å². The number of nitriles is 1. The zero-order chi connectivity index (χ0) is 23.2. The Morgan fingerprint density at radius 1 is 1.31 bits per heavy atom. The largest absolute Gasteiger partial charge is 0.416 e. The molecular formula is C22H26F3N5O2. The van der Waals surface area contributed by atoms with Gasteiger partial charge in [0.25, 0.3) is 0 Å². The van der Waals surface area contributed by atoms with E-state index in [0.717, 1.165) is 18.6 Å². The summed E-state index contributed by atoms with van der Waals surface area (Å²) in [6, 6.07) is 4.98. The van der Waals surface area contributed by atoms with E-state index in [4.69, 9.17) is 5.73 Å². The van der Waals surface area contributed by atoms with Gasteiger partial charge < -0.3 is 15.5 Å². The van der Waals surface area contributed by atoms with Gasteiger partial charge in [0.15, 0.2) is 0 Å². The molecule has 0 radical (unpaired) electrons. The Morgan fingerprint density at radius 2 is 2.00 bits per heavy atom. The van der Waals surface area contributed by atoms with Crippen molar-refractivity contribution in [1.29, 1.82) is 5.26 Å². The maximum Gasteiger partial charge on any atom is 0.416 e. The van der Waals surface area contributed by atoms with E-state index >= 15 is 0 Å². The van der Waals surface area contributed by atoms with Gasteiger partial charge in [-0.25, -0.2) is 0 Å². The molecule has 32 heavy (non-hydrogen) atoms. The first-order valence-corrected chi connectivity index (χ1v) is 10.8. The van der Waals surface area contributed by atoms with Gasteiger partial charge in [-0.3, -0.25) is 14.5 Å². The Kier molecular flexibility index (Phi) is 5.90. The third kappa shape index (κ3) is 3.95. The molecule has 4 rings (SSSR count). The zero-order valence-corrected chi connectivity index (χ0v) is 17.8. The Morgan fingerprint density at radius 3 is 2.59 bits per heavy atom. The van der Waals surface area contributed by atoms with Gasteiger partial charge in [0.2, 0.25) is 11.8 Å². The number of alkyl halides is 3. The number of likely N-dealkylation sites (tertiary alicyclic amines) is 3. The molecule has 172 valence electrons. The first-order valence-electron chi connectivity index (χ1n) is 10.8. The maximum atomic E-state index is 13.0. The van der Waals surface area contributed by atoms with E-state index in [0.29, 0.717) is 31.5 Å². The molecule has 3 fully saturated rings. The van der Waals surface area contributed by atoms with Crippen molar-refractivity contribution >= 4 is 11.8 Å². The molecule has 2 bridgehead atoms. The molecule has 10 heteroatoms. The summed E-state index contributed by atoms with van der Waals surface area (Å²) in [5, 5.41) is 9.20. The van der Waals surface area contributed by atoms with Crippen LogP contribution in [0.1, 0.15) is 43.4 Å². The number of halogens is 3. The van der Waals surface area contributed by atoms with Crippen LogP contribution in [0.3, 0.4) is 0 Å². The summed E-state index contributed by atoms with van der Waals surface area (Å²) >= 11 is 0. The molecule has 5 atom stereocenters. The lowest BCUT2D eigenvalue weighted by Crippen LogP contribution is -2.56. The van der Waals surface area contributed by atoms with Crippen LogP contribution in [0.5, 0.6) is 0 Å². The topological polar surface area (TPSA) is 93.7 Å². The Balaban J connectivity index is 1.39. The van der Waals surface area contributed by atoms with Gasteiger partial charge in [0, 0.05) is 25.7 Å². The molecule has 0 saturated carbocycles. The highest BCUT2D eigenvalue weighted by Gasteiger charge is 2.51. The molecule has 2 N–H and O–H groups in total. The first-order chi connectivity index (χ1) is 15.1. The van der Waals surface area contributed by atoms with Crippen LogP contribution < -0.4 is 5.73 Å². The second-order valence-electron chi connectivity index (χ2n) is 8.83. The Hall–Kier alpha value is -2.64. The van der Waals surface area contributed by atoms with E-state index in [-0.39, 0.29) is 36.5 Å². The summed E-state index contributed by atoms with van der Waals surface area (Å²) in [5.41, 5.74) is 6.08. The summed E-state index contributed by atoms with van der Waals surface area (Å²) in [6.45, 7) is 3.14. The normalized spacial score (nSPS) is 27.6. The summed E-state index contributed by atoms with van der Waals surface area (Å²) < 4.78 is 38.5.